The largest absolute Gasteiger partial charge is 0.460 e. The first-order valence-electron chi connectivity index (χ1n) is 6.15. The summed E-state index contributed by atoms with van der Waals surface area (Å²) in [5.41, 5.74) is 0. The third-order valence-corrected chi connectivity index (χ3v) is 2.38. The van der Waals surface area contributed by atoms with E-state index < -0.39 is 0 Å². The smallest absolute Gasteiger partial charge is 0.330 e. The summed E-state index contributed by atoms with van der Waals surface area (Å²) >= 11 is 0. The molecule has 0 amide bonds. The lowest BCUT2D eigenvalue weighted by Gasteiger charge is -2.15. The first-order valence-corrected chi connectivity index (χ1v) is 6.15. The zero-order chi connectivity index (χ0) is 12.2. The van der Waals surface area contributed by atoms with Crippen molar-refractivity contribution in [3.05, 3.63) is 12.7 Å². The number of ether oxygens (including phenoxy) is 2. The Kier molecular flexibility index (Phi) is 10.1. The Hall–Kier alpha value is -0.830. The molecule has 0 aliphatic heterocycles. The van der Waals surface area contributed by atoms with Crippen LogP contribution in [0.1, 0.15) is 46.0 Å². The Morgan fingerprint density at radius 2 is 2.06 bits per heavy atom. The van der Waals surface area contributed by atoms with Crippen molar-refractivity contribution in [2.24, 2.45) is 0 Å². The molecule has 0 aromatic heterocycles. The van der Waals surface area contributed by atoms with Gasteiger partial charge in [0, 0.05) is 12.7 Å². The number of esters is 1. The van der Waals surface area contributed by atoms with Crippen molar-refractivity contribution in [3.8, 4) is 0 Å². The van der Waals surface area contributed by atoms with Crippen molar-refractivity contribution in [3.63, 3.8) is 0 Å². The molecule has 3 heteroatoms. The number of unbranched alkanes of at least 4 members (excludes halogenated alkanes) is 3. The molecule has 0 N–H and O–H groups in total. The first-order chi connectivity index (χ1) is 7.74. The van der Waals surface area contributed by atoms with E-state index in [-0.39, 0.29) is 12.1 Å². The van der Waals surface area contributed by atoms with E-state index in [1.54, 1.807) is 0 Å². The minimum atomic E-state index is -0.381. The molecule has 0 rings (SSSR count). The van der Waals surface area contributed by atoms with Crippen LogP contribution in [-0.2, 0) is 14.3 Å². The van der Waals surface area contributed by atoms with Gasteiger partial charge in [0.1, 0.15) is 6.61 Å². The highest BCUT2D eigenvalue weighted by Crippen LogP contribution is 2.04. The third-order valence-electron chi connectivity index (χ3n) is 2.38. The highest BCUT2D eigenvalue weighted by molar-refractivity contribution is 5.81. The quantitative estimate of drug-likeness (QED) is 0.327. The highest BCUT2D eigenvalue weighted by Gasteiger charge is 2.08. The van der Waals surface area contributed by atoms with E-state index in [4.69, 9.17) is 9.47 Å². The third kappa shape index (κ3) is 8.48. The minimum absolute atomic E-state index is 0.0190. The van der Waals surface area contributed by atoms with Gasteiger partial charge in [-0.3, -0.25) is 0 Å². The average Bonchev–Trinajstić information content (AvgIpc) is 2.32. The molecule has 0 aliphatic rings. The number of hydrogen-bond acceptors (Lipinski definition) is 3. The van der Waals surface area contributed by atoms with Gasteiger partial charge in [-0.25, -0.2) is 4.79 Å². The highest BCUT2D eigenvalue weighted by atomic mass is 16.6. The van der Waals surface area contributed by atoms with Gasteiger partial charge in [-0.1, -0.05) is 39.7 Å². The number of hydrogen-bond donors (Lipinski definition) is 0. The molecule has 0 radical (unpaired) electrons. The lowest BCUT2D eigenvalue weighted by Crippen LogP contribution is -2.21. The van der Waals surface area contributed by atoms with E-state index in [1.165, 1.54) is 25.3 Å². The summed E-state index contributed by atoms with van der Waals surface area (Å²) in [5.74, 6) is -0.381. The summed E-state index contributed by atoms with van der Waals surface area (Å²) in [6.45, 7) is 8.64. The molecule has 16 heavy (non-hydrogen) atoms. The van der Waals surface area contributed by atoms with Crippen molar-refractivity contribution in [2.45, 2.75) is 52.1 Å². The lowest BCUT2D eigenvalue weighted by molar-refractivity contribution is -0.142. The van der Waals surface area contributed by atoms with Crippen LogP contribution < -0.4 is 0 Å². The van der Waals surface area contributed by atoms with E-state index in [1.807, 2.05) is 6.92 Å². The van der Waals surface area contributed by atoms with Crippen LogP contribution in [0, 0.1) is 0 Å². The predicted molar refractivity (Wildman–Crippen MR) is 65.3 cm³/mol. The Morgan fingerprint density at radius 1 is 1.31 bits per heavy atom. The molecule has 0 spiro atoms. The Bertz CT molecular complexity index is 190. The number of carbonyl (C=O) groups excluding carboxylic acids is 1. The van der Waals surface area contributed by atoms with Gasteiger partial charge < -0.3 is 9.47 Å². The Labute approximate surface area is 98.8 Å². The van der Waals surface area contributed by atoms with Crippen LogP contribution in [0.5, 0.6) is 0 Å². The summed E-state index contributed by atoms with van der Waals surface area (Å²) < 4.78 is 10.6. The maximum absolute atomic E-state index is 10.9. The van der Waals surface area contributed by atoms with Gasteiger partial charge in [0.2, 0.25) is 0 Å². The molecule has 0 aromatic rings. The molecule has 0 aromatic carbocycles. The van der Waals surface area contributed by atoms with E-state index in [9.17, 15) is 4.79 Å². The monoisotopic (exact) mass is 228 g/mol. The van der Waals surface area contributed by atoms with Gasteiger partial charge in [-0.05, 0) is 12.8 Å². The van der Waals surface area contributed by atoms with Gasteiger partial charge in [0.25, 0.3) is 0 Å². The molecule has 94 valence electrons. The van der Waals surface area contributed by atoms with Crippen molar-refractivity contribution >= 4 is 5.97 Å². The molecule has 0 saturated heterocycles. The van der Waals surface area contributed by atoms with Crippen molar-refractivity contribution in [2.75, 3.05) is 13.2 Å². The summed E-state index contributed by atoms with van der Waals surface area (Å²) in [5, 5.41) is 0. The average molecular weight is 228 g/mol. The van der Waals surface area contributed by atoms with Crippen LogP contribution >= 0.6 is 0 Å². The second kappa shape index (κ2) is 10.7. The van der Waals surface area contributed by atoms with Crippen LogP contribution in [-0.4, -0.2) is 25.3 Å². The second-order valence-electron chi connectivity index (χ2n) is 3.80. The second-order valence-corrected chi connectivity index (χ2v) is 3.80. The van der Waals surface area contributed by atoms with Crippen molar-refractivity contribution in [1.29, 1.82) is 0 Å². The van der Waals surface area contributed by atoms with E-state index in [2.05, 4.69) is 13.5 Å². The van der Waals surface area contributed by atoms with E-state index in [0.29, 0.717) is 6.61 Å². The minimum Gasteiger partial charge on any atom is -0.460 e. The maximum Gasteiger partial charge on any atom is 0.330 e. The van der Waals surface area contributed by atoms with Crippen LogP contribution in [0.3, 0.4) is 0 Å². The summed E-state index contributed by atoms with van der Waals surface area (Å²) in [6, 6.07) is 0. The zero-order valence-electron chi connectivity index (χ0n) is 10.5. The van der Waals surface area contributed by atoms with Crippen LogP contribution in [0.15, 0.2) is 12.7 Å². The molecule has 0 heterocycles. The fourth-order valence-electron chi connectivity index (χ4n) is 1.30. The van der Waals surface area contributed by atoms with Gasteiger partial charge in [0.15, 0.2) is 0 Å². The molecule has 0 bridgehead atoms. The summed E-state index contributed by atoms with van der Waals surface area (Å²) in [4.78, 5) is 10.9. The number of carbonyl (C=O) groups is 1. The molecule has 1 unspecified atom stereocenters. The van der Waals surface area contributed by atoms with Crippen LogP contribution in [0.25, 0.3) is 0 Å². The normalized spacial score (nSPS) is 12.1. The van der Waals surface area contributed by atoms with E-state index in [0.717, 1.165) is 19.4 Å². The number of rotatable bonds is 10. The lowest BCUT2D eigenvalue weighted by atomic mass is 10.2. The Morgan fingerprint density at radius 3 is 2.62 bits per heavy atom. The van der Waals surface area contributed by atoms with Gasteiger partial charge in [-0.2, -0.15) is 0 Å². The fraction of sp³-hybridized carbons (Fsp3) is 0.769. The topological polar surface area (TPSA) is 35.5 Å². The van der Waals surface area contributed by atoms with Gasteiger partial charge in [-0.15, -0.1) is 0 Å². The summed E-state index contributed by atoms with van der Waals surface area (Å²) in [6.07, 6.45) is 6.83. The molecular weight excluding hydrogens is 204 g/mol. The molecule has 0 aliphatic carbocycles. The van der Waals surface area contributed by atoms with Gasteiger partial charge in [0.05, 0.1) is 6.10 Å². The molecule has 0 saturated carbocycles. The zero-order valence-corrected chi connectivity index (χ0v) is 10.5. The summed E-state index contributed by atoms with van der Waals surface area (Å²) in [7, 11) is 0. The van der Waals surface area contributed by atoms with Gasteiger partial charge >= 0.3 is 5.97 Å². The van der Waals surface area contributed by atoms with Crippen molar-refractivity contribution < 1.29 is 14.3 Å². The first kappa shape index (κ1) is 15.2. The molecular formula is C13H24O3. The maximum atomic E-state index is 10.9. The molecule has 0 fully saturated rings. The molecule has 1 atom stereocenters. The van der Waals surface area contributed by atoms with Crippen molar-refractivity contribution in [1.82, 2.24) is 0 Å². The predicted octanol–water partition coefficient (Wildman–Crippen LogP) is 3.09. The SMILES string of the molecule is C=CC(=O)OCC(CC)OCCCCCC. The fourth-order valence-corrected chi connectivity index (χ4v) is 1.30. The standard InChI is InChI=1S/C13H24O3/c1-4-7-8-9-10-15-12(5-2)11-16-13(14)6-3/h6,12H,3-5,7-11H2,1-2H3. The Balaban J connectivity index is 3.51. The van der Waals surface area contributed by atoms with Crippen LogP contribution in [0.4, 0.5) is 0 Å². The van der Waals surface area contributed by atoms with Crippen LogP contribution in [0.2, 0.25) is 0 Å². The van der Waals surface area contributed by atoms with E-state index >= 15 is 0 Å². The molecule has 3 nitrogen and oxygen atoms in total.